The van der Waals surface area contributed by atoms with Gasteiger partial charge in [-0.15, -0.1) is 0 Å². The van der Waals surface area contributed by atoms with Gasteiger partial charge in [0.05, 0.1) is 30.6 Å². The standard InChI is InChI=1S/C33H45N5O3/c1-5-24(39)10-8-7-9-11-27(37-32(40)26-20-33(26)14-16-38(6-2)17-15-33)31-34-21-29(36-31)25-18-23-13-12-22(3)35-28(23)19-30(25)41-4/h12-13,18-19,21,26-27H,5-11,14-17,20H2,1-4H3,(H,34,36)(H,37,40)/t26-,27?/m1/s1. The van der Waals surface area contributed by atoms with Gasteiger partial charge >= 0.3 is 0 Å². The Bertz CT molecular complexity index is 1370. The summed E-state index contributed by atoms with van der Waals surface area (Å²) in [5, 5.41) is 4.41. The lowest BCUT2D eigenvalue weighted by Crippen LogP contribution is -2.37. The highest BCUT2D eigenvalue weighted by atomic mass is 16.5. The first-order chi connectivity index (χ1) is 19.9. The minimum atomic E-state index is -0.206. The number of benzene rings is 1. The number of imidazole rings is 1. The molecule has 3 heterocycles. The van der Waals surface area contributed by atoms with Crippen LogP contribution in [-0.2, 0) is 9.59 Å². The largest absolute Gasteiger partial charge is 0.496 e. The number of hydrogen-bond donors (Lipinski definition) is 2. The average molecular weight is 560 g/mol. The van der Waals surface area contributed by atoms with Crippen molar-refractivity contribution in [3.63, 3.8) is 0 Å². The fourth-order valence-corrected chi connectivity index (χ4v) is 6.44. The van der Waals surface area contributed by atoms with Crippen molar-refractivity contribution in [1.82, 2.24) is 25.2 Å². The molecule has 8 heteroatoms. The van der Waals surface area contributed by atoms with Gasteiger partial charge in [-0.2, -0.15) is 0 Å². The zero-order valence-corrected chi connectivity index (χ0v) is 25.1. The Balaban J connectivity index is 1.32. The molecule has 1 saturated heterocycles. The molecule has 1 amide bonds. The van der Waals surface area contributed by atoms with Crippen LogP contribution in [-0.4, -0.2) is 58.3 Å². The molecular weight excluding hydrogens is 514 g/mol. The molecule has 0 radical (unpaired) electrons. The minimum Gasteiger partial charge on any atom is -0.496 e. The van der Waals surface area contributed by atoms with Gasteiger partial charge in [0.1, 0.15) is 17.4 Å². The van der Waals surface area contributed by atoms with Crippen LogP contribution in [0.15, 0.2) is 30.5 Å². The number of aryl methyl sites for hydroxylation is 1. The van der Waals surface area contributed by atoms with E-state index < -0.39 is 0 Å². The molecule has 1 aliphatic heterocycles. The molecule has 1 aromatic carbocycles. The van der Waals surface area contributed by atoms with Crippen molar-refractivity contribution >= 4 is 22.6 Å². The van der Waals surface area contributed by atoms with E-state index in [4.69, 9.17) is 9.72 Å². The number of ketones is 1. The molecule has 1 unspecified atom stereocenters. The van der Waals surface area contributed by atoms with E-state index in [0.29, 0.717) is 18.6 Å². The summed E-state index contributed by atoms with van der Waals surface area (Å²) in [7, 11) is 1.67. The third-order valence-corrected chi connectivity index (χ3v) is 9.33. The second-order valence-electron chi connectivity index (χ2n) is 12.0. The number of Topliss-reactive ketones (excluding diaryl/α,β-unsaturated/α-hetero) is 1. The number of aromatic nitrogens is 3. The lowest BCUT2D eigenvalue weighted by atomic mass is 9.90. The highest BCUT2D eigenvalue weighted by molar-refractivity contribution is 5.87. The number of piperidine rings is 1. The van der Waals surface area contributed by atoms with Gasteiger partial charge in [-0.3, -0.25) is 14.6 Å². The molecule has 3 aromatic rings. The molecule has 2 aromatic heterocycles. The highest BCUT2D eigenvalue weighted by Crippen LogP contribution is 2.59. The predicted molar refractivity (Wildman–Crippen MR) is 162 cm³/mol. The number of fused-ring (bicyclic) bond motifs is 1. The second-order valence-corrected chi connectivity index (χ2v) is 12.0. The van der Waals surface area contributed by atoms with Crippen molar-refractivity contribution in [2.75, 3.05) is 26.7 Å². The quantitative estimate of drug-likeness (QED) is 0.244. The summed E-state index contributed by atoms with van der Waals surface area (Å²) in [6, 6.07) is 7.91. The first-order valence-corrected chi connectivity index (χ1v) is 15.4. The maximum Gasteiger partial charge on any atom is 0.224 e. The number of nitrogens with zero attached hydrogens (tertiary/aromatic N) is 3. The summed E-state index contributed by atoms with van der Waals surface area (Å²) in [6.45, 7) is 9.36. The van der Waals surface area contributed by atoms with Gasteiger partial charge < -0.3 is 19.9 Å². The van der Waals surface area contributed by atoms with Gasteiger partial charge in [-0.05, 0) is 76.2 Å². The van der Waals surface area contributed by atoms with E-state index in [9.17, 15) is 9.59 Å². The van der Waals surface area contributed by atoms with E-state index in [2.05, 4.69) is 39.2 Å². The maximum atomic E-state index is 13.5. The third-order valence-electron chi connectivity index (χ3n) is 9.33. The lowest BCUT2D eigenvalue weighted by Gasteiger charge is -2.32. The zero-order chi connectivity index (χ0) is 29.0. The fourth-order valence-electron chi connectivity index (χ4n) is 6.44. The first kappa shape index (κ1) is 29.2. The van der Waals surface area contributed by atoms with Crippen LogP contribution >= 0.6 is 0 Å². The summed E-state index contributed by atoms with van der Waals surface area (Å²) in [5.74, 6) is 2.05. The summed E-state index contributed by atoms with van der Waals surface area (Å²) in [4.78, 5) is 40.7. The van der Waals surface area contributed by atoms with Crippen LogP contribution in [0.5, 0.6) is 5.75 Å². The number of hydrogen-bond acceptors (Lipinski definition) is 6. The lowest BCUT2D eigenvalue weighted by molar-refractivity contribution is -0.124. The van der Waals surface area contributed by atoms with Crippen molar-refractivity contribution in [2.24, 2.45) is 11.3 Å². The number of aromatic amines is 1. The Morgan fingerprint density at radius 2 is 1.98 bits per heavy atom. The number of H-pyrrole nitrogens is 1. The number of likely N-dealkylation sites (tertiary alicyclic amines) is 1. The number of ether oxygens (including phenoxy) is 1. The Hall–Kier alpha value is -3.26. The topological polar surface area (TPSA) is 100 Å². The molecule has 0 bridgehead atoms. The van der Waals surface area contributed by atoms with Crippen LogP contribution in [0.3, 0.4) is 0 Å². The molecule has 8 nitrogen and oxygen atoms in total. The molecular formula is C33H45N5O3. The molecule has 220 valence electrons. The van der Waals surface area contributed by atoms with Crippen LogP contribution < -0.4 is 10.1 Å². The Labute approximate surface area is 243 Å². The molecule has 2 N–H and O–H groups in total. The summed E-state index contributed by atoms with van der Waals surface area (Å²) in [6.07, 6.45) is 9.81. The van der Waals surface area contributed by atoms with Crippen LogP contribution in [0, 0.1) is 18.3 Å². The second kappa shape index (κ2) is 12.7. The van der Waals surface area contributed by atoms with E-state index in [1.54, 1.807) is 7.11 Å². The van der Waals surface area contributed by atoms with Gasteiger partial charge in [0.15, 0.2) is 0 Å². The van der Waals surface area contributed by atoms with Gasteiger partial charge in [-0.25, -0.2) is 4.98 Å². The predicted octanol–water partition coefficient (Wildman–Crippen LogP) is 6.15. The molecule has 2 atom stereocenters. The van der Waals surface area contributed by atoms with E-state index in [0.717, 1.165) is 104 Å². The fraction of sp³-hybridized carbons (Fsp3) is 0.576. The maximum absolute atomic E-state index is 13.5. The summed E-state index contributed by atoms with van der Waals surface area (Å²) < 4.78 is 5.73. The third kappa shape index (κ3) is 6.64. The molecule has 2 fully saturated rings. The van der Waals surface area contributed by atoms with Crippen LogP contribution in [0.25, 0.3) is 22.2 Å². The van der Waals surface area contributed by atoms with E-state index in [1.165, 1.54) is 0 Å². The van der Waals surface area contributed by atoms with Crippen molar-refractivity contribution in [3.8, 4) is 17.0 Å². The Morgan fingerprint density at radius 1 is 1.17 bits per heavy atom. The molecule has 41 heavy (non-hydrogen) atoms. The molecule has 1 saturated carbocycles. The number of amides is 1. The number of methoxy groups -OCH3 is 1. The first-order valence-electron chi connectivity index (χ1n) is 15.4. The highest BCUT2D eigenvalue weighted by Gasteiger charge is 2.58. The number of pyridine rings is 1. The van der Waals surface area contributed by atoms with Gasteiger partial charge in [0, 0.05) is 41.5 Å². The monoisotopic (exact) mass is 559 g/mol. The molecule has 5 rings (SSSR count). The van der Waals surface area contributed by atoms with Crippen molar-refractivity contribution in [2.45, 2.75) is 84.6 Å². The summed E-state index contributed by atoms with van der Waals surface area (Å²) >= 11 is 0. The van der Waals surface area contributed by atoms with Gasteiger partial charge in [-0.1, -0.05) is 32.8 Å². The minimum absolute atomic E-state index is 0.0946. The molecule has 2 aliphatic rings. The Kier molecular flexibility index (Phi) is 9.07. The average Bonchev–Trinajstić information content (AvgIpc) is 3.46. The zero-order valence-electron chi connectivity index (χ0n) is 25.1. The van der Waals surface area contributed by atoms with Crippen molar-refractivity contribution < 1.29 is 14.3 Å². The number of nitrogens with one attached hydrogen (secondary N) is 2. The van der Waals surface area contributed by atoms with E-state index >= 15 is 0 Å². The number of rotatable bonds is 13. The van der Waals surface area contributed by atoms with Gasteiger partial charge in [0.2, 0.25) is 5.91 Å². The number of carbonyl (C=O) groups excluding carboxylic acids is 2. The van der Waals surface area contributed by atoms with Crippen LogP contribution in [0.4, 0.5) is 0 Å². The number of carbonyl (C=O) groups is 2. The van der Waals surface area contributed by atoms with E-state index in [-0.39, 0.29) is 23.3 Å². The van der Waals surface area contributed by atoms with Crippen LogP contribution in [0.1, 0.15) is 89.2 Å². The smallest absolute Gasteiger partial charge is 0.224 e. The van der Waals surface area contributed by atoms with E-state index in [1.807, 2.05) is 32.2 Å². The van der Waals surface area contributed by atoms with Gasteiger partial charge in [0.25, 0.3) is 0 Å². The SMILES string of the molecule is CCC(=O)CCCCCC(NC(=O)[C@H]1CC12CCN(CC)CC2)c1ncc(-c2cc3ccc(C)nc3cc2OC)[nH]1. The summed E-state index contributed by atoms with van der Waals surface area (Å²) in [5.41, 5.74) is 3.79. The number of unbranched alkanes of at least 4 members (excludes halogenated alkanes) is 2. The molecule has 1 spiro atoms. The normalized spacial score (nSPS) is 18.9. The van der Waals surface area contributed by atoms with Crippen LogP contribution in [0.2, 0.25) is 0 Å². The Morgan fingerprint density at radius 3 is 2.71 bits per heavy atom. The van der Waals surface area contributed by atoms with Crippen molar-refractivity contribution in [3.05, 3.63) is 42.0 Å². The molecule has 1 aliphatic carbocycles. The van der Waals surface area contributed by atoms with Crippen molar-refractivity contribution in [1.29, 1.82) is 0 Å².